The molecule has 4 nitrogen and oxygen atoms in total. The van der Waals surface area contributed by atoms with Crippen LogP contribution >= 0.6 is 23.2 Å². The molecule has 102 valence electrons. The number of aliphatic hydroxyl groups is 1. The summed E-state index contributed by atoms with van der Waals surface area (Å²) in [6, 6.07) is 4.66. The molecule has 0 bridgehead atoms. The Morgan fingerprint density at radius 3 is 2.33 bits per heavy atom. The summed E-state index contributed by atoms with van der Waals surface area (Å²) in [6.07, 6.45) is -0.163. The third-order valence-electron chi connectivity index (χ3n) is 2.16. The van der Waals surface area contributed by atoms with Gasteiger partial charge >= 0.3 is 0 Å². The maximum atomic E-state index is 11.7. The van der Waals surface area contributed by atoms with E-state index in [0.717, 1.165) is 0 Å². The average Bonchev–Trinajstić information content (AvgIpc) is 2.12. The molecule has 0 saturated carbocycles. The molecule has 0 amide bonds. The van der Waals surface area contributed by atoms with Crippen molar-refractivity contribution in [2.24, 2.45) is 0 Å². The van der Waals surface area contributed by atoms with E-state index in [1.165, 1.54) is 0 Å². The van der Waals surface area contributed by atoms with Gasteiger partial charge in [0.25, 0.3) is 0 Å². The molecular formula is C11H15Cl2NO3S. The molecule has 1 aromatic rings. The Kier molecular flexibility index (Phi) is 5.88. The van der Waals surface area contributed by atoms with Crippen LogP contribution in [0, 0.1) is 0 Å². The van der Waals surface area contributed by atoms with Crippen molar-refractivity contribution in [1.29, 1.82) is 0 Å². The molecule has 18 heavy (non-hydrogen) atoms. The molecule has 0 heterocycles. The highest BCUT2D eigenvalue weighted by Crippen LogP contribution is 2.20. The van der Waals surface area contributed by atoms with Gasteiger partial charge in [0.15, 0.2) is 0 Å². The first-order valence-electron chi connectivity index (χ1n) is 5.39. The minimum Gasteiger partial charge on any atom is -0.393 e. The van der Waals surface area contributed by atoms with Gasteiger partial charge in [-0.05, 0) is 37.1 Å². The van der Waals surface area contributed by atoms with Gasteiger partial charge in [0.05, 0.1) is 11.9 Å². The van der Waals surface area contributed by atoms with E-state index in [4.69, 9.17) is 28.3 Å². The number of hydrogen-bond donors (Lipinski definition) is 2. The molecule has 1 aromatic carbocycles. The molecule has 0 fully saturated rings. The number of halogens is 2. The lowest BCUT2D eigenvalue weighted by atomic mass is 10.2. The minimum absolute atomic E-state index is 0.187. The zero-order valence-corrected chi connectivity index (χ0v) is 12.2. The Hall–Kier alpha value is -0.330. The van der Waals surface area contributed by atoms with Crippen molar-refractivity contribution in [3.8, 4) is 0 Å². The first-order chi connectivity index (χ1) is 8.28. The molecule has 7 heteroatoms. The lowest BCUT2D eigenvalue weighted by Gasteiger charge is -2.08. The summed E-state index contributed by atoms with van der Waals surface area (Å²) in [4.78, 5) is 0. The van der Waals surface area contributed by atoms with Gasteiger partial charge in [0, 0.05) is 16.6 Å². The van der Waals surface area contributed by atoms with Crippen molar-refractivity contribution in [3.05, 3.63) is 33.8 Å². The molecular weight excluding hydrogens is 297 g/mol. The SMILES string of the molecule is CC(O)CCNS(=O)(=O)Cc1cc(Cl)cc(Cl)c1. The van der Waals surface area contributed by atoms with Crippen LogP contribution < -0.4 is 4.72 Å². The number of benzene rings is 1. The highest BCUT2D eigenvalue weighted by molar-refractivity contribution is 7.88. The predicted molar refractivity (Wildman–Crippen MR) is 73.4 cm³/mol. The summed E-state index contributed by atoms with van der Waals surface area (Å²) in [6.45, 7) is 1.80. The van der Waals surface area contributed by atoms with Gasteiger partial charge in [-0.2, -0.15) is 0 Å². The van der Waals surface area contributed by atoms with Gasteiger partial charge in [-0.25, -0.2) is 13.1 Å². The predicted octanol–water partition coefficient (Wildman–Crippen LogP) is 2.18. The summed E-state index contributed by atoms with van der Waals surface area (Å²) >= 11 is 11.6. The first kappa shape index (κ1) is 15.7. The van der Waals surface area contributed by atoms with Crippen molar-refractivity contribution >= 4 is 33.2 Å². The highest BCUT2D eigenvalue weighted by atomic mass is 35.5. The van der Waals surface area contributed by atoms with Crippen LogP contribution in [0.15, 0.2) is 18.2 Å². The van der Waals surface area contributed by atoms with Crippen molar-refractivity contribution in [1.82, 2.24) is 4.72 Å². The minimum atomic E-state index is -3.44. The summed E-state index contributed by atoms with van der Waals surface area (Å²) in [5.41, 5.74) is 0.525. The van der Waals surface area contributed by atoms with Crippen LogP contribution in [0.25, 0.3) is 0 Å². The van der Waals surface area contributed by atoms with Crippen LogP contribution in [0.4, 0.5) is 0 Å². The molecule has 0 aromatic heterocycles. The van der Waals surface area contributed by atoms with Gasteiger partial charge in [-0.3, -0.25) is 0 Å². The second-order valence-electron chi connectivity index (χ2n) is 4.07. The van der Waals surface area contributed by atoms with Gasteiger partial charge in [-0.1, -0.05) is 23.2 Å². The van der Waals surface area contributed by atoms with Crippen LogP contribution in [0.3, 0.4) is 0 Å². The number of rotatable bonds is 6. The first-order valence-corrected chi connectivity index (χ1v) is 7.80. The fourth-order valence-corrected chi connectivity index (χ4v) is 3.10. The number of nitrogens with one attached hydrogen (secondary N) is 1. The molecule has 0 aliphatic heterocycles. The fraction of sp³-hybridized carbons (Fsp3) is 0.455. The van der Waals surface area contributed by atoms with Crippen LogP contribution in [0.5, 0.6) is 0 Å². The second-order valence-corrected chi connectivity index (χ2v) is 6.75. The zero-order valence-electron chi connectivity index (χ0n) is 9.86. The second kappa shape index (κ2) is 6.73. The van der Waals surface area contributed by atoms with E-state index in [1.807, 2.05) is 0 Å². The third kappa shape index (κ3) is 6.02. The van der Waals surface area contributed by atoms with Gasteiger partial charge in [0.2, 0.25) is 10.0 Å². The number of aliphatic hydroxyl groups excluding tert-OH is 1. The summed E-state index contributed by atoms with van der Waals surface area (Å²) in [7, 11) is -3.44. The molecule has 0 saturated heterocycles. The molecule has 0 radical (unpaired) electrons. The monoisotopic (exact) mass is 311 g/mol. The summed E-state index contributed by atoms with van der Waals surface area (Å²) in [5.74, 6) is -0.187. The van der Waals surface area contributed by atoms with E-state index >= 15 is 0 Å². The average molecular weight is 312 g/mol. The van der Waals surface area contributed by atoms with Crippen LogP contribution in [-0.4, -0.2) is 26.2 Å². The molecule has 1 atom stereocenters. The largest absolute Gasteiger partial charge is 0.393 e. The van der Waals surface area contributed by atoms with Gasteiger partial charge in [0.1, 0.15) is 0 Å². The summed E-state index contributed by atoms with van der Waals surface area (Å²) in [5, 5.41) is 9.84. The third-order valence-corrected chi connectivity index (χ3v) is 3.96. The molecule has 2 N–H and O–H groups in total. The number of sulfonamides is 1. The van der Waals surface area contributed by atoms with Crippen molar-refractivity contribution < 1.29 is 13.5 Å². The van der Waals surface area contributed by atoms with Crippen molar-refractivity contribution in [3.63, 3.8) is 0 Å². The van der Waals surface area contributed by atoms with E-state index in [9.17, 15) is 8.42 Å². The Bertz CT molecular complexity index is 483. The lowest BCUT2D eigenvalue weighted by molar-refractivity contribution is 0.186. The quantitative estimate of drug-likeness (QED) is 0.846. The van der Waals surface area contributed by atoms with E-state index in [-0.39, 0.29) is 12.3 Å². The molecule has 0 aliphatic rings. The van der Waals surface area contributed by atoms with E-state index in [0.29, 0.717) is 22.0 Å². The van der Waals surface area contributed by atoms with Gasteiger partial charge < -0.3 is 5.11 Å². The van der Waals surface area contributed by atoms with Gasteiger partial charge in [-0.15, -0.1) is 0 Å². The smallest absolute Gasteiger partial charge is 0.215 e. The zero-order chi connectivity index (χ0) is 13.8. The highest BCUT2D eigenvalue weighted by Gasteiger charge is 2.12. The number of hydrogen-bond acceptors (Lipinski definition) is 3. The molecule has 0 aliphatic carbocycles. The van der Waals surface area contributed by atoms with Crippen LogP contribution in [0.2, 0.25) is 10.0 Å². The maximum Gasteiger partial charge on any atom is 0.215 e. The molecule has 1 unspecified atom stereocenters. The normalized spacial score (nSPS) is 13.6. The van der Waals surface area contributed by atoms with Crippen LogP contribution in [-0.2, 0) is 15.8 Å². The van der Waals surface area contributed by atoms with E-state index in [2.05, 4.69) is 4.72 Å². The topological polar surface area (TPSA) is 66.4 Å². The van der Waals surface area contributed by atoms with E-state index in [1.54, 1.807) is 25.1 Å². The fourth-order valence-electron chi connectivity index (χ4n) is 1.39. The summed E-state index contributed by atoms with van der Waals surface area (Å²) < 4.78 is 25.9. The Labute approximate surface area is 117 Å². The van der Waals surface area contributed by atoms with Crippen LogP contribution in [0.1, 0.15) is 18.9 Å². The lowest BCUT2D eigenvalue weighted by Crippen LogP contribution is -2.27. The van der Waals surface area contributed by atoms with Crippen molar-refractivity contribution in [2.75, 3.05) is 6.54 Å². The Morgan fingerprint density at radius 2 is 1.83 bits per heavy atom. The van der Waals surface area contributed by atoms with E-state index < -0.39 is 16.1 Å². The Balaban J connectivity index is 2.64. The van der Waals surface area contributed by atoms with Crippen molar-refractivity contribution in [2.45, 2.75) is 25.2 Å². The Morgan fingerprint density at radius 1 is 1.28 bits per heavy atom. The standard InChI is InChI=1S/C11H15Cl2NO3S/c1-8(15)2-3-14-18(16,17)7-9-4-10(12)6-11(13)5-9/h4-6,8,14-15H,2-3,7H2,1H3. The molecule has 1 rings (SSSR count). The molecule has 0 spiro atoms. The maximum absolute atomic E-state index is 11.7.